The highest BCUT2D eigenvalue weighted by Crippen LogP contribution is 2.26. The first kappa shape index (κ1) is 10.3. The van der Waals surface area contributed by atoms with Gasteiger partial charge in [0.05, 0.1) is 11.4 Å². The Hall–Kier alpha value is -1.19. The third-order valence-corrected chi connectivity index (χ3v) is 3.30. The van der Waals surface area contributed by atoms with Crippen molar-refractivity contribution >= 4 is 11.5 Å². The summed E-state index contributed by atoms with van der Waals surface area (Å²) in [4.78, 5) is 0. The molecule has 4 nitrogen and oxygen atoms in total. The lowest BCUT2D eigenvalue weighted by atomic mass is 10.1. The maximum absolute atomic E-state index is 5.94. The fourth-order valence-electron chi connectivity index (χ4n) is 2.34. The van der Waals surface area contributed by atoms with Crippen molar-refractivity contribution in [1.82, 2.24) is 9.78 Å². The molecule has 0 unspecified atom stereocenters. The van der Waals surface area contributed by atoms with Crippen LogP contribution in [0.5, 0.6) is 0 Å². The largest absolute Gasteiger partial charge is 0.394 e. The van der Waals surface area contributed by atoms with Gasteiger partial charge < -0.3 is 11.1 Å². The molecule has 0 aliphatic heterocycles. The zero-order chi connectivity index (χ0) is 10.8. The lowest BCUT2D eigenvalue weighted by Gasteiger charge is -2.12. The van der Waals surface area contributed by atoms with Gasteiger partial charge in [0.2, 0.25) is 0 Å². The lowest BCUT2D eigenvalue weighted by molar-refractivity contribution is 0.576. The average Bonchev–Trinajstić information content (AvgIpc) is 2.76. The number of hydrogen-bond acceptors (Lipinski definition) is 3. The summed E-state index contributed by atoms with van der Waals surface area (Å²) >= 11 is 0. The Bertz CT molecular complexity index is 337. The number of nitrogen functional groups attached to an aromatic ring is 1. The Morgan fingerprint density at radius 2 is 2.13 bits per heavy atom. The van der Waals surface area contributed by atoms with E-state index < -0.39 is 0 Å². The van der Waals surface area contributed by atoms with E-state index in [-0.39, 0.29) is 0 Å². The maximum atomic E-state index is 5.94. The Morgan fingerprint density at radius 1 is 1.47 bits per heavy atom. The number of nitrogens with two attached hydrogens (primary N) is 1. The topological polar surface area (TPSA) is 55.9 Å². The number of hydrogen-bond donors (Lipinski definition) is 2. The summed E-state index contributed by atoms with van der Waals surface area (Å²) in [6.45, 7) is 2.97. The molecule has 1 fully saturated rings. The van der Waals surface area contributed by atoms with Crippen molar-refractivity contribution < 1.29 is 0 Å². The van der Waals surface area contributed by atoms with Crippen LogP contribution in [0.2, 0.25) is 0 Å². The van der Waals surface area contributed by atoms with E-state index in [1.54, 1.807) is 0 Å². The Balaban J connectivity index is 1.97. The van der Waals surface area contributed by atoms with Crippen LogP contribution in [0.4, 0.5) is 11.5 Å². The summed E-state index contributed by atoms with van der Waals surface area (Å²) < 4.78 is 1.83. The number of nitrogens with one attached hydrogen (secondary N) is 1. The van der Waals surface area contributed by atoms with Gasteiger partial charge in [0, 0.05) is 13.6 Å². The standard InChI is InChI=1S/C11H20N4/c1-8-10(12)11(15(2)14-8)13-7-9-5-3-4-6-9/h9,13H,3-7,12H2,1-2H3. The Kier molecular flexibility index (Phi) is 2.84. The van der Waals surface area contributed by atoms with Crippen LogP contribution in [0.1, 0.15) is 31.4 Å². The van der Waals surface area contributed by atoms with Crippen LogP contribution >= 0.6 is 0 Å². The number of aromatic nitrogens is 2. The van der Waals surface area contributed by atoms with Gasteiger partial charge in [-0.2, -0.15) is 5.10 Å². The third-order valence-electron chi connectivity index (χ3n) is 3.30. The van der Waals surface area contributed by atoms with Crippen LogP contribution in [0.15, 0.2) is 0 Å². The van der Waals surface area contributed by atoms with E-state index in [0.29, 0.717) is 0 Å². The van der Waals surface area contributed by atoms with Crippen molar-refractivity contribution in [3.8, 4) is 0 Å². The van der Waals surface area contributed by atoms with Crippen molar-refractivity contribution in [1.29, 1.82) is 0 Å². The summed E-state index contributed by atoms with van der Waals surface area (Å²) in [5.74, 6) is 1.79. The highest BCUT2D eigenvalue weighted by molar-refractivity contribution is 5.64. The second kappa shape index (κ2) is 4.13. The minimum absolute atomic E-state index is 0.787. The minimum atomic E-state index is 0.787. The molecular formula is C11H20N4. The minimum Gasteiger partial charge on any atom is -0.394 e. The molecule has 0 aromatic carbocycles. The van der Waals surface area contributed by atoms with Crippen molar-refractivity contribution in [2.45, 2.75) is 32.6 Å². The molecule has 3 N–H and O–H groups in total. The van der Waals surface area contributed by atoms with Crippen molar-refractivity contribution in [3.05, 3.63) is 5.69 Å². The Labute approximate surface area is 90.8 Å². The van der Waals surface area contributed by atoms with Gasteiger partial charge in [-0.05, 0) is 25.7 Å². The quantitative estimate of drug-likeness (QED) is 0.797. The molecule has 1 aliphatic rings. The van der Waals surface area contributed by atoms with Gasteiger partial charge in [-0.25, -0.2) is 0 Å². The van der Waals surface area contributed by atoms with Crippen molar-refractivity contribution in [3.63, 3.8) is 0 Å². The predicted molar refractivity (Wildman–Crippen MR) is 62.8 cm³/mol. The molecule has 1 saturated carbocycles. The number of aryl methyl sites for hydroxylation is 2. The van der Waals surface area contributed by atoms with E-state index in [4.69, 9.17) is 5.73 Å². The first-order chi connectivity index (χ1) is 7.18. The molecule has 84 valence electrons. The fraction of sp³-hybridized carbons (Fsp3) is 0.727. The Morgan fingerprint density at radius 3 is 2.67 bits per heavy atom. The van der Waals surface area contributed by atoms with Crippen LogP contribution in [0.25, 0.3) is 0 Å². The average molecular weight is 208 g/mol. The maximum Gasteiger partial charge on any atom is 0.147 e. The van der Waals surface area contributed by atoms with E-state index in [0.717, 1.165) is 29.7 Å². The molecule has 0 radical (unpaired) electrons. The third kappa shape index (κ3) is 2.08. The van der Waals surface area contributed by atoms with Crippen LogP contribution in [-0.2, 0) is 7.05 Å². The SMILES string of the molecule is Cc1nn(C)c(NCC2CCCC2)c1N. The molecule has 2 rings (SSSR count). The first-order valence-corrected chi connectivity index (χ1v) is 5.71. The zero-order valence-electron chi connectivity index (χ0n) is 9.58. The number of rotatable bonds is 3. The monoisotopic (exact) mass is 208 g/mol. The van der Waals surface area contributed by atoms with Crippen LogP contribution < -0.4 is 11.1 Å². The molecule has 1 aromatic heterocycles. The predicted octanol–water partition coefficient (Wildman–Crippen LogP) is 1.91. The van der Waals surface area contributed by atoms with Gasteiger partial charge in [-0.15, -0.1) is 0 Å². The van der Waals surface area contributed by atoms with Crippen molar-refractivity contribution in [2.24, 2.45) is 13.0 Å². The molecule has 1 aliphatic carbocycles. The van der Waals surface area contributed by atoms with E-state index in [2.05, 4.69) is 10.4 Å². The number of nitrogens with zero attached hydrogens (tertiary/aromatic N) is 2. The van der Waals surface area contributed by atoms with E-state index in [9.17, 15) is 0 Å². The fourth-order valence-corrected chi connectivity index (χ4v) is 2.34. The van der Waals surface area contributed by atoms with Gasteiger partial charge in [0.1, 0.15) is 5.82 Å². The molecule has 0 bridgehead atoms. The summed E-state index contributed by atoms with van der Waals surface area (Å²) in [6.07, 6.45) is 5.46. The number of anilines is 2. The highest BCUT2D eigenvalue weighted by atomic mass is 15.3. The smallest absolute Gasteiger partial charge is 0.147 e. The summed E-state index contributed by atoms with van der Waals surface area (Å²) in [6, 6.07) is 0. The van der Waals surface area contributed by atoms with Crippen molar-refractivity contribution in [2.75, 3.05) is 17.6 Å². The molecule has 1 aromatic rings. The van der Waals surface area contributed by atoms with Gasteiger partial charge in [-0.3, -0.25) is 4.68 Å². The molecule has 1 heterocycles. The second-order valence-electron chi connectivity index (χ2n) is 4.50. The molecule has 15 heavy (non-hydrogen) atoms. The summed E-state index contributed by atoms with van der Waals surface area (Å²) in [5, 5.41) is 7.70. The highest BCUT2D eigenvalue weighted by Gasteiger charge is 2.16. The van der Waals surface area contributed by atoms with E-state index in [1.165, 1.54) is 25.7 Å². The summed E-state index contributed by atoms with van der Waals surface area (Å²) in [7, 11) is 1.93. The van der Waals surface area contributed by atoms with Gasteiger partial charge in [0.25, 0.3) is 0 Å². The van der Waals surface area contributed by atoms with Gasteiger partial charge in [-0.1, -0.05) is 12.8 Å². The molecule has 0 amide bonds. The normalized spacial score (nSPS) is 17.2. The summed E-state index contributed by atoms with van der Waals surface area (Å²) in [5.41, 5.74) is 7.64. The van der Waals surface area contributed by atoms with Crippen LogP contribution in [0, 0.1) is 12.8 Å². The second-order valence-corrected chi connectivity index (χ2v) is 4.50. The van der Waals surface area contributed by atoms with Gasteiger partial charge >= 0.3 is 0 Å². The van der Waals surface area contributed by atoms with Crippen LogP contribution in [-0.4, -0.2) is 16.3 Å². The molecule has 0 spiro atoms. The van der Waals surface area contributed by atoms with Crippen LogP contribution in [0.3, 0.4) is 0 Å². The lowest BCUT2D eigenvalue weighted by Crippen LogP contribution is -2.14. The molecular weight excluding hydrogens is 188 g/mol. The van der Waals surface area contributed by atoms with E-state index in [1.807, 2.05) is 18.7 Å². The molecule has 0 saturated heterocycles. The first-order valence-electron chi connectivity index (χ1n) is 5.71. The van der Waals surface area contributed by atoms with E-state index >= 15 is 0 Å². The molecule has 0 atom stereocenters. The van der Waals surface area contributed by atoms with Gasteiger partial charge in [0.15, 0.2) is 0 Å². The zero-order valence-corrected chi connectivity index (χ0v) is 9.58. The molecule has 4 heteroatoms.